The van der Waals surface area contributed by atoms with Gasteiger partial charge in [0.05, 0.1) is 13.2 Å². The number of amides is 1. The van der Waals surface area contributed by atoms with Crippen molar-refractivity contribution in [3.05, 3.63) is 12.4 Å². The molecule has 1 spiro atoms. The maximum atomic E-state index is 11.7. The Bertz CT molecular complexity index is 572. The summed E-state index contributed by atoms with van der Waals surface area (Å²) in [5.41, 5.74) is 0.0248. The van der Waals surface area contributed by atoms with Crippen LogP contribution in [-0.4, -0.2) is 65.3 Å². The second-order valence-corrected chi connectivity index (χ2v) is 6.66. The number of aliphatic hydroxyl groups excluding tert-OH is 1. The number of likely N-dealkylation sites (tertiary alicyclic amines) is 1. The molecular weight excluding hydrogens is 296 g/mol. The Morgan fingerprint density at radius 3 is 2.78 bits per heavy atom. The molecule has 7 heteroatoms. The van der Waals surface area contributed by atoms with Crippen molar-refractivity contribution >= 4 is 11.7 Å². The SMILES string of the molecule is COc1cc(N2CCC3(CC2)CC(O)CN(C(C)=O)C3)ncn1. The number of hydrogen-bond acceptors (Lipinski definition) is 6. The van der Waals surface area contributed by atoms with Gasteiger partial charge in [-0.1, -0.05) is 0 Å². The van der Waals surface area contributed by atoms with Crippen LogP contribution < -0.4 is 9.64 Å². The van der Waals surface area contributed by atoms with Crippen molar-refractivity contribution in [3.8, 4) is 5.88 Å². The molecule has 1 amide bonds. The van der Waals surface area contributed by atoms with Gasteiger partial charge in [-0.25, -0.2) is 9.97 Å². The molecule has 2 aliphatic rings. The van der Waals surface area contributed by atoms with E-state index in [1.807, 2.05) is 6.07 Å². The number of aromatic nitrogens is 2. The van der Waals surface area contributed by atoms with Gasteiger partial charge in [-0.05, 0) is 24.7 Å². The van der Waals surface area contributed by atoms with Crippen molar-refractivity contribution < 1.29 is 14.6 Å². The number of piperidine rings is 2. The fourth-order valence-electron chi connectivity index (χ4n) is 3.78. The molecule has 0 radical (unpaired) electrons. The Balaban J connectivity index is 1.68. The minimum atomic E-state index is -0.418. The van der Waals surface area contributed by atoms with E-state index in [4.69, 9.17) is 4.74 Å². The van der Waals surface area contributed by atoms with Crippen molar-refractivity contribution in [3.63, 3.8) is 0 Å². The second-order valence-electron chi connectivity index (χ2n) is 6.66. The average molecular weight is 320 g/mol. The van der Waals surface area contributed by atoms with Crippen LogP contribution in [0, 0.1) is 5.41 Å². The van der Waals surface area contributed by atoms with Gasteiger partial charge in [-0.3, -0.25) is 4.79 Å². The number of methoxy groups -OCH3 is 1. The molecular formula is C16H24N4O3. The quantitative estimate of drug-likeness (QED) is 0.863. The summed E-state index contributed by atoms with van der Waals surface area (Å²) in [4.78, 5) is 24.1. The average Bonchev–Trinajstić information content (AvgIpc) is 2.55. The van der Waals surface area contributed by atoms with Crippen LogP contribution in [0.2, 0.25) is 0 Å². The van der Waals surface area contributed by atoms with Crippen LogP contribution in [0.5, 0.6) is 5.88 Å². The lowest BCUT2D eigenvalue weighted by Gasteiger charge is -2.49. The van der Waals surface area contributed by atoms with E-state index in [1.54, 1.807) is 18.9 Å². The van der Waals surface area contributed by atoms with Gasteiger partial charge in [-0.15, -0.1) is 0 Å². The van der Waals surface area contributed by atoms with E-state index in [1.165, 1.54) is 6.33 Å². The zero-order chi connectivity index (χ0) is 16.4. The molecule has 1 aromatic rings. The number of ether oxygens (including phenoxy) is 1. The molecule has 126 valence electrons. The molecule has 1 N–H and O–H groups in total. The third-order valence-electron chi connectivity index (χ3n) is 5.06. The molecule has 7 nitrogen and oxygen atoms in total. The van der Waals surface area contributed by atoms with E-state index < -0.39 is 6.10 Å². The standard InChI is InChI=1S/C16H24N4O3/c1-12(21)20-9-13(22)8-16(10-20)3-5-19(6-4-16)14-7-15(23-2)18-11-17-14/h7,11,13,22H,3-6,8-10H2,1-2H3. The minimum Gasteiger partial charge on any atom is -0.481 e. The molecule has 1 aromatic heterocycles. The van der Waals surface area contributed by atoms with Gasteiger partial charge in [0.15, 0.2) is 0 Å². The van der Waals surface area contributed by atoms with Crippen molar-refractivity contribution in [2.24, 2.45) is 5.41 Å². The van der Waals surface area contributed by atoms with E-state index in [2.05, 4.69) is 14.9 Å². The molecule has 0 aromatic carbocycles. The summed E-state index contributed by atoms with van der Waals surface area (Å²) < 4.78 is 5.15. The number of β-amino-alcohol motifs (C(OH)–C–C–N with tert-alkyl or cyclic N) is 1. The number of carbonyl (C=O) groups excluding carboxylic acids is 1. The first-order chi connectivity index (χ1) is 11.0. The van der Waals surface area contributed by atoms with Gasteiger partial charge < -0.3 is 19.6 Å². The van der Waals surface area contributed by atoms with Gasteiger partial charge in [0.25, 0.3) is 0 Å². The molecule has 2 fully saturated rings. The smallest absolute Gasteiger partial charge is 0.219 e. The molecule has 0 saturated carbocycles. The highest BCUT2D eigenvalue weighted by Gasteiger charge is 2.42. The highest BCUT2D eigenvalue weighted by atomic mass is 16.5. The number of nitrogens with zero attached hydrogens (tertiary/aromatic N) is 4. The van der Waals surface area contributed by atoms with Crippen LogP contribution in [0.4, 0.5) is 5.82 Å². The highest BCUT2D eigenvalue weighted by molar-refractivity contribution is 5.73. The number of carbonyl (C=O) groups is 1. The maximum Gasteiger partial charge on any atom is 0.219 e. The Hall–Kier alpha value is -1.89. The number of rotatable bonds is 2. The Kier molecular flexibility index (Phi) is 4.39. The van der Waals surface area contributed by atoms with Gasteiger partial charge in [-0.2, -0.15) is 0 Å². The van der Waals surface area contributed by atoms with E-state index in [0.717, 1.165) is 44.7 Å². The molecule has 3 heterocycles. The fraction of sp³-hybridized carbons (Fsp3) is 0.688. The van der Waals surface area contributed by atoms with Crippen molar-refractivity contribution in [1.29, 1.82) is 0 Å². The van der Waals surface area contributed by atoms with E-state index >= 15 is 0 Å². The van der Waals surface area contributed by atoms with Crippen LogP contribution in [0.25, 0.3) is 0 Å². The van der Waals surface area contributed by atoms with Crippen LogP contribution in [0.15, 0.2) is 12.4 Å². The molecule has 1 unspecified atom stereocenters. The zero-order valence-electron chi connectivity index (χ0n) is 13.7. The van der Waals surface area contributed by atoms with Gasteiger partial charge in [0.2, 0.25) is 11.8 Å². The summed E-state index contributed by atoms with van der Waals surface area (Å²) in [5.74, 6) is 1.48. The number of hydrogen-bond donors (Lipinski definition) is 1. The monoisotopic (exact) mass is 320 g/mol. The third kappa shape index (κ3) is 3.39. The molecule has 3 rings (SSSR count). The number of aliphatic hydroxyl groups is 1. The largest absolute Gasteiger partial charge is 0.481 e. The molecule has 1 atom stereocenters. The Morgan fingerprint density at radius 1 is 1.39 bits per heavy atom. The fourth-order valence-corrected chi connectivity index (χ4v) is 3.78. The van der Waals surface area contributed by atoms with Crippen LogP contribution in [0.1, 0.15) is 26.2 Å². The number of anilines is 1. The molecule has 0 bridgehead atoms. The summed E-state index contributed by atoms with van der Waals surface area (Å²) in [5, 5.41) is 10.2. The highest BCUT2D eigenvalue weighted by Crippen LogP contribution is 2.40. The summed E-state index contributed by atoms with van der Waals surface area (Å²) in [6, 6.07) is 1.84. The predicted octanol–water partition coefficient (Wildman–Crippen LogP) is 0.685. The lowest BCUT2D eigenvalue weighted by Crippen LogP contribution is -2.55. The maximum absolute atomic E-state index is 11.7. The van der Waals surface area contributed by atoms with E-state index in [9.17, 15) is 9.90 Å². The van der Waals surface area contributed by atoms with Gasteiger partial charge >= 0.3 is 0 Å². The van der Waals surface area contributed by atoms with Crippen LogP contribution in [-0.2, 0) is 4.79 Å². The summed E-state index contributed by atoms with van der Waals surface area (Å²) >= 11 is 0. The van der Waals surface area contributed by atoms with Crippen molar-refractivity contribution in [1.82, 2.24) is 14.9 Å². The van der Waals surface area contributed by atoms with Crippen molar-refractivity contribution in [2.75, 3.05) is 38.2 Å². The van der Waals surface area contributed by atoms with E-state index in [-0.39, 0.29) is 11.3 Å². The topological polar surface area (TPSA) is 78.8 Å². The molecule has 0 aliphatic carbocycles. The van der Waals surface area contributed by atoms with Crippen LogP contribution in [0.3, 0.4) is 0 Å². The summed E-state index contributed by atoms with van der Waals surface area (Å²) in [6.07, 6.45) is 3.76. The molecule has 23 heavy (non-hydrogen) atoms. The molecule has 2 aliphatic heterocycles. The second kappa shape index (κ2) is 6.31. The first-order valence-electron chi connectivity index (χ1n) is 8.06. The Labute approximate surface area is 136 Å². The molecule has 2 saturated heterocycles. The van der Waals surface area contributed by atoms with Gasteiger partial charge in [0, 0.05) is 39.2 Å². The summed E-state index contributed by atoms with van der Waals surface area (Å²) in [6.45, 7) is 4.51. The lowest BCUT2D eigenvalue weighted by atomic mass is 9.71. The third-order valence-corrected chi connectivity index (χ3v) is 5.06. The normalized spacial score (nSPS) is 23.9. The lowest BCUT2D eigenvalue weighted by molar-refractivity contribution is -0.137. The van der Waals surface area contributed by atoms with Crippen molar-refractivity contribution in [2.45, 2.75) is 32.3 Å². The minimum absolute atomic E-state index is 0.0248. The summed E-state index contributed by atoms with van der Waals surface area (Å²) in [7, 11) is 1.59. The van der Waals surface area contributed by atoms with Crippen LogP contribution >= 0.6 is 0 Å². The van der Waals surface area contributed by atoms with E-state index in [0.29, 0.717) is 12.4 Å². The first kappa shape index (κ1) is 16.0. The van der Waals surface area contributed by atoms with Gasteiger partial charge in [0.1, 0.15) is 12.1 Å². The predicted molar refractivity (Wildman–Crippen MR) is 85.3 cm³/mol. The zero-order valence-corrected chi connectivity index (χ0v) is 13.7. The Morgan fingerprint density at radius 2 is 2.13 bits per heavy atom. The first-order valence-corrected chi connectivity index (χ1v) is 8.06.